The predicted octanol–water partition coefficient (Wildman–Crippen LogP) is 0.847. The van der Waals surface area contributed by atoms with Gasteiger partial charge < -0.3 is 9.64 Å². The zero-order valence-electron chi connectivity index (χ0n) is 6.83. The van der Waals surface area contributed by atoms with Crippen molar-refractivity contribution in [1.29, 1.82) is 0 Å². The summed E-state index contributed by atoms with van der Waals surface area (Å²) in [7, 11) is 0. The molecule has 60 valence electrons. The number of hydrogen-bond donors (Lipinski definition) is 0. The molecule has 0 heterocycles. The Morgan fingerprint density at radius 2 is 2.20 bits per heavy atom. The van der Waals surface area contributed by atoms with E-state index in [1.165, 1.54) is 0 Å². The van der Waals surface area contributed by atoms with E-state index in [1.807, 2.05) is 20.8 Å². The molecule has 0 fully saturated rings. The van der Waals surface area contributed by atoms with Crippen LogP contribution in [0.1, 0.15) is 20.8 Å². The molecule has 0 aliphatic rings. The third-order valence-electron chi connectivity index (χ3n) is 1.38. The van der Waals surface area contributed by atoms with E-state index in [-0.39, 0.29) is 6.23 Å². The van der Waals surface area contributed by atoms with Crippen LogP contribution in [0.15, 0.2) is 0 Å². The average Bonchev–Trinajstić information content (AvgIpc) is 1.91. The lowest BCUT2D eigenvalue weighted by Crippen LogP contribution is -2.33. The fraction of sp³-hybridized carbons (Fsp3) is 0.857. The zero-order chi connectivity index (χ0) is 7.98. The normalized spacial score (nSPS) is 12.7. The molecule has 0 saturated heterocycles. The number of ether oxygens (including phenoxy) is 1. The van der Waals surface area contributed by atoms with Crippen LogP contribution in [0.2, 0.25) is 0 Å². The Hall–Kier alpha value is -0.570. The lowest BCUT2D eigenvalue weighted by molar-refractivity contribution is -0.130. The lowest BCUT2D eigenvalue weighted by atomic mass is 10.5. The molecule has 1 unspecified atom stereocenters. The minimum atomic E-state index is -0.0903. The second-order valence-corrected chi connectivity index (χ2v) is 1.99. The first-order valence-corrected chi connectivity index (χ1v) is 3.58. The van der Waals surface area contributed by atoms with Gasteiger partial charge in [0.15, 0.2) is 0 Å². The van der Waals surface area contributed by atoms with E-state index in [1.54, 1.807) is 4.90 Å². The van der Waals surface area contributed by atoms with Crippen molar-refractivity contribution in [1.82, 2.24) is 4.90 Å². The van der Waals surface area contributed by atoms with Gasteiger partial charge in [-0.1, -0.05) is 0 Å². The van der Waals surface area contributed by atoms with E-state index in [2.05, 4.69) is 0 Å². The van der Waals surface area contributed by atoms with E-state index in [4.69, 9.17) is 4.74 Å². The summed E-state index contributed by atoms with van der Waals surface area (Å²) in [4.78, 5) is 11.9. The summed E-state index contributed by atoms with van der Waals surface area (Å²) in [5.74, 6) is 0. The minimum absolute atomic E-state index is 0.0903. The van der Waals surface area contributed by atoms with Crippen LogP contribution in [-0.2, 0) is 9.53 Å². The minimum Gasteiger partial charge on any atom is -0.359 e. The summed E-state index contributed by atoms with van der Waals surface area (Å²) in [6, 6.07) is 0. The smallest absolute Gasteiger partial charge is 0.211 e. The van der Waals surface area contributed by atoms with Gasteiger partial charge in [-0.3, -0.25) is 4.79 Å². The quantitative estimate of drug-likeness (QED) is 0.424. The van der Waals surface area contributed by atoms with Crippen LogP contribution in [0.4, 0.5) is 0 Å². The maximum Gasteiger partial charge on any atom is 0.211 e. The Balaban J connectivity index is 3.63. The number of amides is 1. The summed E-state index contributed by atoms with van der Waals surface area (Å²) in [5, 5.41) is 0. The van der Waals surface area contributed by atoms with Crippen molar-refractivity contribution in [2.24, 2.45) is 0 Å². The van der Waals surface area contributed by atoms with Gasteiger partial charge in [0.1, 0.15) is 6.23 Å². The maximum atomic E-state index is 10.3. The van der Waals surface area contributed by atoms with Crippen molar-refractivity contribution in [3.05, 3.63) is 0 Å². The van der Waals surface area contributed by atoms with Crippen LogP contribution in [0.25, 0.3) is 0 Å². The molecule has 0 saturated carbocycles. The number of carbonyl (C=O) groups is 1. The summed E-state index contributed by atoms with van der Waals surface area (Å²) in [6.45, 7) is 7.04. The molecule has 0 aromatic heterocycles. The fourth-order valence-electron chi connectivity index (χ4n) is 0.754. The van der Waals surface area contributed by atoms with E-state index in [0.29, 0.717) is 13.2 Å². The van der Waals surface area contributed by atoms with Crippen molar-refractivity contribution >= 4 is 6.41 Å². The standard InChI is InChI=1S/C7H15NO2/c1-4-8(6-9)7(3)10-5-2/h6-7H,4-5H2,1-3H3. The Labute approximate surface area is 62.0 Å². The summed E-state index contributed by atoms with van der Waals surface area (Å²) in [6.07, 6.45) is 0.716. The predicted molar refractivity (Wildman–Crippen MR) is 39.5 cm³/mol. The first-order chi connectivity index (χ1) is 4.76. The number of nitrogens with zero attached hydrogens (tertiary/aromatic N) is 1. The van der Waals surface area contributed by atoms with Gasteiger partial charge in [0.2, 0.25) is 6.41 Å². The molecule has 0 aromatic rings. The largest absolute Gasteiger partial charge is 0.359 e. The first-order valence-electron chi connectivity index (χ1n) is 3.58. The molecule has 0 N–H and O–H groups in total. The van der Waals surface area contributed by atoms with Gasteiger partial charge in [-0.05, 0) is 20.8 Å². The molecule has 1 amide bonds. The fourth-order valence-corrected chi connectivity index (χ4v) is 0.754. The first kappa shape index (κ1) is 9.43. The average molecular weight is 145 g/mol. The highest BCUT2D eigenvalue weighted by Crippen LogP contribution is 1.95. The monoisotopic (exact) mass is 145 g/mol. The second kappa shape index (κ2) is 5.23. The molecule has 3 nitrogen and oxygen atoms in total. The van der Waals surface area contributed by atoms with Crippen LogP contribution in [0.5, 0.6) is 0 Å². The van der Waals surface area contributed by atoms with E-state index < -0.39 is 0 Å². The van der Waals surface area contributed by atoms with Gasteiger partial charge in [-0.2, -0.15) is 0 Å². The number of carbonyl (C=O) groups excluding carboxylic acids is 1. The van der Waals surface area contributed by atoms with Crippen molar-refractivity contribution < 1.29 is 9.53 Å². The molecular weight excluding hydrogens is 130 g/mol. The van der Waals surface area contributed by atoms with E-state index in [9.17, 15) is 4.79 Å². The zero-order valence-corrected chi connectivity index (χ0v) is 6.83. The molecule has 0 aliphatic carbocycles. The van der Waals surface area contributed by atoms with E-state index >= 15 is 0 Å². The number of hydrogen-bond acceptors (Lipinski definition) is 2. The lowest BCUT2D eigenvalue weighted by Gasteiger charge is -2.22. The van der Waals surface area contributed by atoms with Gasteiger partial charge in [0.05, 0.1) is 0 Å². The Morgan fingerprint density at radius 1 is 1.60 bits per heavy atom. The molecule has 0 aromatic carbocycles. The number of rotatable bonds is 5. The molecule has 0 spiro atoms. The summed E-state index contributed by atoms with van der Waals surface area (Å²) >= 11 is 0. The van der Waals surface area contributed by atoms with Crippen LogP contribution < -0.4 is 0 Å². The molecule has 0 radical (unpaired) electrons. The molecule has 1 atom stereocenters. The Morgan fingerprint density at radius 3 is 2.50 bits per heavy atom. The van der Waals surface area contributed by atoms with Crippen LogP contribution in [0, 0.1) is 0 Å². The molecule has 0 bridgehead atoms. The van der Waals surface area contributed by atoms with Crippen molar-refractivity contribution in [3.8, 4) is 0 Å². The molecule has 10 heavy (non-hydrogen) atoms. The third kappa shape index (κ3) is 2.82. The molecular formula is C7H15NO2. The molecule has 3 heteroatoms. The van der Waals surface area contributed by atoms with Crippen molar-refractivity contribution in [3.63, 3.8) is 0 Å². The topological polar surface area (TPSA) is 29.5 Å². The van der Waals surface area contributed by atoms with Gasteiger partial charge in [0.25, 0.3) is 0 Å². The van der Waals surface area contributed by atoms with Gasteiger partial charge in [-0.15, -0.1) is 0 Å². The van der Waals surface area contributed by atoms with Gasteiger partial charge >= 0.3 is 0 Å². The van der Waals surface area contributed by atoms with E-state index in [0.717, 1.165) is 6.41 Å². The Kier molecular flexibility index (Phi) is 4.94. The van der Waals surface area contributed by atoms with Crippen LogP contribution in [0.3, 0.4) is 0 Å². The van der Waals surface area contributed by atoms with Crippen molar-refractivity contribution in [2.75, 3.05) is 13.2 Å². The highest BCUT2D eigenvalue weighted by atomic mass is 16.5. The second-order valence-electron chi connectivity index (χ2n) is 1.99. The van der Waals surface area contributed by atoms with Crippen LogP contribution >= 0.6 is 0 Å². The highest BCUT2D eigenvalue weighted by molar-refractivity contribution is 5.47. The highest BCUT2D eigenvalue weighted by Gasteiger charge is 2.06. The summed E-state index contributed by atoms with van der Waals surface area (Å²) < 4.78 is 5.18. The van der Waals surface area contributed by atoms with Gasteiger partial charge in [0, 0.05) is 13.2 Å². The Bertz CT molecular complexity index is 95.6. The maximum absolute atomic E-state index is 10.3. The third-order valence-corrected chi connectivity index (χ3v) is 1.38. The SMILES string of the molecule is CCOC(C)N(C=O)CC. The van der Waals surface area contributed by atoms with Gasteiger partial charge in [-0.25, -0.2) is 0 Å². The van der Waals surface area contributed by atoms with Crippen LogP contribution in [-0.4, -0.2) is 30.7 Å². The molecule has 0 rings (SSSR count). The van der Waals surface area contributed by atoms with Crippen molar-refractivity contribution in [2.45, 2.75) is 27.0 Å². The molecule has 0 aliphatic heterocycles. The summed E-state index contributed by atoms with van der Waals surface area (Å²) in [5.41, 5.74) is 0.